The highest BCUT2D eigenvalue weighted by molar-refractivity contribution is 7.93. The Morgan fingerprint density at radius 2 is 1.76 bits per heavy atom. The lowest BCUT2D eigenvalue weighted by Crippen LogP contribution is -2.01. The molecule has 84 valence electrons. The maximum atomic E-state index is 12.2. The monoisotopic (exact) mass is 244 g/mol. The fraction of sp³-hybridized carbons (Fsp3) is 0. The Kier molecular flexibility index (Phi) is 2.39. The van der Waals surface area contributed by atoms with E-state index < -0.39 is 0 Å². The average molecular weight is 244 g/mol. The molecule has 0 spiro atoms. The summed E-state index contributed by atoms with van der Waals surface area (Å²) in [7, 11) is 0. The van der Waals surface area contributed by atoms with E-state index in [1.807, 2.05) is 6.07 Å². The molecule has 0 aliphatic heterocycles. The normalized spacial score (nSPS) is 11.1. The molecule has 3 rings (SSSR count). The highest BCUT2D eigenvalue weighted by Gasteiger charge is 2.07. The third-order valence-electron chi connectivity index (χ3n) is 2.65. The van der Waals surface area contributed by atoms with Crippen molar-refractivity contribution < 1.29 is 8.97 Å². The van der Waals surface area contributed by atoms with Crippen molar-refractivity contribution in [1.29, 1.82) is 0 Å². The molecule has 1 aromatic heterocycles. The molecule has 0 fully saturated rings. The zero-order valence-electron chi connectivity index (χ0n) is 8.71. The number of rotatable bonds is 1. The molecule has 0 atom stereocenters. The van der Waals surface area contributed by atoms with Gasteiger partial charge in [0.15, 0.2) is 0 Å². The summed E-state index contributed by atoms with van der Waals surface area (Å²) < 4.78 is 14.6. The van der Waals surface area contributed by atoms with E-state index in [9.17, 15) is 4.79 Å². The standard InChI is InChI=1S/C13H8O3S/c14-13-9-3-1-2-4-11(9)16-12-6-5-8(17-15)7-10(12)13/h1-7,15H. The fourth-order valence-electron chi connectivity index (χ4n) is 1.84. The van der Waals surface area contributed by atoms with E-state index in [-0.39, 0.29) is 5.43 Å². The van der Waals surface area contributed by atoms with Gasteiger partial charge < -0.3 is 8.97 Å². The Hall–Kier alpha value is -1.78. The fourth-order valence-corrected chi connectivity index (χ4v) is 2.14. The average Bonchev–Trinajstić information content (AvgIpc) is 2.39. The van der Waals surface area contributed by atoms with Crippen LogP contribution in [0.2, 0.25) is 0 Å². The summed E-state index contributed by atoms with van der Waals surface area (Å²) in [6.07, 6.45) is 0. The molecule has 17 heavy (non-hydrogen) atoms. The van der Waals surface area contributed by atoms with Gasteiger partial charge in [-0.1, -0.05) is 12.1 Å². The van der Waals surface area contributed by atoms with Crippen molar-refractivity contribution in [1.82, 2.24) is 0 Å². The second kappa shape index (κ2) is 3.91. The molecule has 3 aromatic rings. The van der Waals surface area contributed by atoms with Crippen LogP contribution < -0.4 is 5.43 Å². The van der Waals surface area contributed by atoms with Crippen molar-refractivity contribution in [2.75, 3.05) is 0 Å². The van der Waals surface area contributed by atoms with E-state index >= 15 is 0 Å². The number of benzene rings is 2. The zero-order valence-corrected chi connectivity index (χ0v) is 9.53. The van der Waals surface area contributed by atoms with Gasteiger partial charge in [0.2, 0.25) is 5.43 Å². The summed E-state index contributed by atoms with van der Waals surface area (Å²) in [5.74, 6) is 0. The molecular formula is C13H8O3S. The van der Waals surface area contributed by atoms with Gasteiger partial charge in [-0.2, -0.15) is 0 Å². The number of fused-ring (bicyclic) bond motifs is 2. The molecule has 0 saturated carbocycles. The van der Waals surface area contributed by atoms with Crippen LogP contribution in [0.4, 0.5) is 0 Å². The minimum absolute atomic E-state index is 0.0715. The van der Waals surface area contributed by atoms with Crippen molar-refractivity contribution in [3.63, 3.8) is 0 Å². The summed E-state index contributed by atoms with van der Waals surface area (Å²) >= 11 is 0.617. The summed E-state index contributed by atoms with van der Waals surface area (Å²) in [5.41, 5.74) is 1.04. The third-order valence-corrected chi connectivity index (χ3v) is 3.12. The van der Waals surface area contributed by atoms with Crippen LogP contribution in [-0.4, -0.2) is 4.55 Å². The van der Waals surface area contributed by atoms with Crippen LogP contribution >= 0.6 is 12.0 Å². The van der Waals surface area contributed by atoms with Crippen LogP contribution in [0.1, 0.15) is 0 Å². The van der Waals surface area contributed by atoms with Crippen LogP contribution in [0, 0.1) is 0 Å². The second-order valence-electron chi connectivity index (χ2n) is 3.68. The molecule has 1 N–H and O–H groups in total. The SMILES string of the molecule is O=c1c2ccccc2oc2ccc(SO)cc12. The topological polar surface area (TPSA) is 50.4 Å². The first-order valence-electron chi connectivity index (χ1n) is 5.06. The van der Waals surface area contributed by atoms with Gasteiger partial charge in [-0.15, -0.1) is 0 Å². The van der Waals surface area contributed by atoms with Crippen molar-refractivity contribution in [3.8, 4) is 0 Å². The quantitative estimate of drug-likeness (QED) is 0.525. The van der Waals surface area contributed by atoms with Gasteiger partial charge in [-0.3, -0.25) is 4.79 Å². The minimum atomic E-state index is -0.0715. The molecule has 0 amide bonds. The zero-order chi connectivity index (χ0) is 11.8. The Balaban J connectivity index is 2.51. The second-order valence-corrected chi connectivity index (χ2v) is 4.33. The van der Waals surface area contributed by atoms with Gasteiger partial charge in [-0.05, 0) is 30.3 Å². The van der Waals surface area contributed by atoms with Crippen molar-refractivity contribution in [2.45, 2.75) is 4.90 Å². The van der Waals surface area contributed by atoms with Gasteiger partial charge >= 0.3 is 0 Å². The smallest absolute Gasteiger partial charge is 0.200 e. The van der Waals surface area contributed by atoms with Crippen LogP contribution in [0.25, 0.3) is 21.9 Å². The molecule has 3 nitrogen and oxygen atoms in total. The molecular weight excluding hydrogens is 236 g/mol. The summed E-state index contributed by atoms with van der Waals surface area (Å²) in [4.78, 5) is 12.8. The van der Waals surface area contributed by atoms with Gasteiger partial charge in [0.25, 0.3) is 0 Å². The largest absolute Gasteiger partial charge is 0.456 e. The summed E-state index contributed by atoms with van der Waals surface area (Å²) in [5, 5.41) is 1.04. The molecule has 0 saturated heterocycles. The number of hydrogen-bond donors (Lipinski definition) is 1. The first kappa shape index (κ1) is 10.4. The molecule has 4 heteroatoms. The van der Waals surface area contributed by atoms with Crippen LogP contribution in [0.3, 0.4) is 0 Å². The van der Waals surface area contributed by atoms with Crippen LogP contribution in [0.15, 0.2) is 56.6 Å². The van der Waals surface area contributed by atoms with Crippen LogP contribution in [-0.2, 0) is 0 Å². The molecule has 0 bridgehead atoms. The predicted octanol–water partition coefficient (Wildman–Crippen LogP) is 3.51. The van der Waals surface area contributed by atoms with Crippen LogP contribution in [0.5, 0.6) is 0 Å². The maximum absolute atomic E-state index is 12.2. The van der Waals surface area contributed by atoms with E-state index in [0.717, 1.165) is 0 Å². The molecule has 0 aliphatic carbocycles. The van der Waals surface area contributed by atoms with E-state index in [2.05, 4.69) is 0 Å². The predicted molar refractivity (Wildman–Crippen MR) is 68.5 cm³/mol. The molecule has 0 unspecified atom stereocenters. The number of para-hydroxylation sites is 1. The third kappa shape index (κ3) is 1.62. The summed E-state index contributed by atoms with van der Waals surface area (Å²) in [6.45, 7) is 0. The maximum Gasteiger partial charge on any atom is 0.200 e. The highest BCUT2D eigenvalue weighted by Crippen LogP contribution is 2.22. The first-order chi connectivity index (χ1) is 8.29. The first-order valence-corrected chi connectivity index (χ1v) is 5.84. The lowest BCUT2D eigenvalue weighted by atomic mass is 10.1. The Morgan fingerprint density at radius 1 is 1.00 bits per heavy atom. The van der Waals surface area contributed by atoms with Crippen molar-refractivity contribution in [3.05, 3.63) is 52.7 Å². The van der Waals surface area contributed by atoms with Crippen molar-refractivity contribution in [2.24, 2.45) is 0 Å². The Bertz CT molecular complexity index is 761. The number of hydrogen-bond acceptors (Lipinski definition) is 4. The molecule has 2 aromatic carbocycles. The van der Waals surface area contributed by atoms with E-state index in [1.54, 1.807) is 36.4 Å². The van der Waals surface area contributed by atoms with Gasteiger partial charge in [0.05, 0.1) is 10.8 Å². The Labute approximate surface area is 101 Å². The van der Waals surface area contributed by atoms with E-state index in [0.29, 0.717) is 38.9 Å². The van der Waals surface area contributed by atoms with E-state index in [1.165, 1.54) is 0 Å². The molecule has 0 radical (unpaired) electrons. The molecule has 0 aliphatic rings. The minimum Gasteiger partial charge on any atom is -0.456 e. The van der Waals surface area contributed by atoms with Gasteiger partial charge in [0.1, 0.15) is 11.2 Å². The van der Waals surface area contributed by atoms with E-state index in [4.69, 9.17) is 8.97 Å². The lowest BCUT2D eigenvalue weighted by Gasteiger charge is -2.01. The summed E-state index contributed by atoms with van der Waals surface area (Å²) in [6, 6.07) is 12.2. The van der Waals surface area contributed by atoms with Gasteiger partial charge in [-0.25, -0.2) is 0 Å². The molecule has 1 heterocycles. The van der Waals surface area contributed by atoms with Crippen molar-refractivity contribution >= 4 is 34.0 Å². The highest BCUT2D eigenvalue weighted by atomic mass is 32.2. The Morgan fingerprint density at radius 3 is 2.59 bits per heavy atom. The van der Waals surface area contributed by atoms with Gasteiger partial charge in [0, 0.05) is 16.9 Å². The lowest BCUT2D eigenvalue weighted by molar-refractivity contribution is 0.658.